The molecule has 0 fully saturated rings. The Morgan fingerprint density at radius 2 is 2.19 bits per heavy atom. The number of para-hydroxylation sites is 2. The molecule has 1 heterocycles. The maximum absolute atomic E-state index is 11.7. The monoisotopic (exact) mass is 234 g/mol. The number of fused-ring (bicyclic) bond motifs is 1. The van der Waals surface area contributed by atoms with Gasteiger partial charge in [0.25, 0.3) is 0 Å². The first kappa shape index (κ1) is 11.1. The smallest absolute Gasteiger partial charge is 0.224 e. The molecule has 0 bridgehead atoms. The van der Waals surface area contributed by atoms with Crippen molar-refractivity contribution in [1.29, 1.82) is 0 Å². The Morgan fingerprint density at radius 3 is 2.88 bits per heavy atom. The zero-order valence-electron chi connectivity index (χ0n) is 9.36. The van der Waals surface area contributed by atoms with Gasteiger partial charge in [-0.25, -0.2) is 0 Å². The van der Waals surface area contributed by atoms with Gasteiger partial charge in [-0.2, -0.15) is 0 Å². The Kier molecular flexibility index (Phi) is 2.92. The number of hydrogen-bond donors (Lipinski definition) is 1. The van der Waals surface area contributed by atoms with Crippen molar-refractivity contribution in [1.82, 2.24) is 0 Å². The first-order valence-corrected chi connectivity index (χ1v) is 5.69. The van der Waals surface area contributed by atoms with Crippen LogP contribution in [-0.2, 0) is 4.79 Å². The molecule has 1 amide bonds. The van der Waals surface area contributed by atoms with Gasteiger partial charge < -0.3 is 10.2 Å². The van der Waals surface area contributed by atoms with Crippen LogP contribution in [0, 0.1) is 0 Å². The molecule has 1 unspecified atom stereocenters. The maximum atomic E-state index is 11.7. The molecule has 0 aliphatic carbocycles. The summed E-state index contributed by atoms with van der Waals surface area (Å²) in [5, 5.41) is 3.18. The molecular weight excluding hydrogens is 220 g/mol. The average Bonchev–Trinajstić information content (AvgIpc) is 2.31. The highest BCUT2D eigenvalue weighted by atomic mass is 32.1. The summed E-state index contributed by atoms with van der Waals surface area (Å²) >= 11 is 5.24. The van der Waals surface area contributed by atoms with E-state index in [2.05, 4.69) is 5.32 Å². The third kappa shape index (κ3) is 1.93. The summed E-state index contributed by atoms with van der Waals surface area (Å²) in [6, 6.07) is 7.84. The molecule has 1 aromatic rings. The van der Waals surface area contributed by atoms with Gasteiger partial charge in [0.1, 0.15) is 0 Å². The second-order valence-corrected chi connectivity index (χ2v) is 4.50. The summed E-state index contributed by atoms with van der Waals surface area (Å²) in [6.07, 6.45) is 0.698. The van der Waals surface area contributed by atoms with Crippen LogP contribution in [0.1, 0.15) is 20.3 Å². The van der Waals surface area contributed by atoms with Crippen LogP contribution in [0.4, 0.5) is 11.4 Å². The molecule has 0 saturated carbocycles. The van der Waals surface area contributed by atoms with Crippen molar-refractivity contribution in [3.63, 3.8) is 0 Å². The highest BCUT2D eigenvalue weighted by Crippen LogP contribution is 2.31. The number of carbonyl (C=O) groups excluding carboxylic acids is 1. The van der Waals surface area contributed by atoms with Crippen LogP contribution in [0.3, 0.4) is 0 Å². The fourth-order valence-electron chi connectivity index (χ4n) is 2.07. The first-order valence-electron chi connectivity index (χ1n) is 5.28. The summed E-state index contributed by atoms with van der Waals surface area (Å²) < 4.78 is 0. The van der Waals surface area contributed by atoms with Gasteiger partial charge in [-0.1, -0.05) is 24.4 Å². The lowest BCUT2D eigenvalue weighted by atomic mass is 10.2. The molecular formula is C12H14N2OS. The molecule has 3 nitrogen and oxygen atoms in total. The molecule has 1 N–H and O–H groups in total. The second-order valence-electron chi connectivity index (χ2n) is 4.01. The van der Waals surface area contributed by atoms with Crippen LogP contribution >= 0.6 is 12.2 Å². The molecule has 0 spiro atoms. The van der Waals surface area contributed by atoms with E-state index in [1.54, 1.807) is 11.8 Å². The number of nitrogens with one attached hydrogen (secondary N) is 1. The summed E-state index contributed by atoms with van der Waals surface area (Å²) in [4.78, 5) is 14.3. The normalized spacial score (nSPS) is 19.8. The minimum absolute atomic E-state index is 0.0476. The van der Waals surface area contributed by atoms with E-state index in [9.17, 15) is 4.79 Å². The third-order valence-electron chi connectivity index (χ3n) is 2.70. The largest absolute Gasteiger partial charge is 0.348 e. The fourth-order valence-corrected chi connectivity index (χ4v) is 2.42. The van der Waals surface area contributed by atoms with E-state index in [1.807, 2.05) is 31.2 Å². The van der Waals surface area contributed by atoms with E-state index in [-0.39, 0.29) is 11.9 Å². The van der Waals surface area contributed by atoms with Crippen molar-refractivity contribution in [3.05, 3.63) is 24.3 Å². The van der Waals surface area contributed by atoms with E-state index < -0.39 is 0 Å². The molecule has 84 valence electrons. The Balaban J connectivity index is 2.53. The van der Waals surface area contributed by atoms with Gasteiger partial charge in [0, 0.05) is 19.4 Å². The number of thiocarbonyl (C=S) groups is 1. The number of anilines is 2. The van der Waals surface area contributed by atoms with Gasteiger partial charge in [-0.15, -0.1) is 0 Å². The number of benzene rings is 1. The standard InChI is InChI=1S/C12H14N2OS/c1-8-7-12(16)13-10-5-3-4-6-11(10)14(8)9(2)15/h3-6,8H,7H2,1-2H3,(H,13,16). The molecule has 0 saturated heterocycles. The van der Waals surface area contributed by atoms with Gasteiger partial charge in [0.05, 0.1) is 16.4 Å². The zero-order valence-corrected chi connectivity index (χ0v) is 10.2. The minimum atomic E-state index is 0.0476. The van der Waals surface area contributed by atoms with Crippen molar-refractivity contribution in [3.8, 4) is 0 Å². The third-order valence-corrected chi connectivity index (χ3v) is 2.97. The van der Waals surface area contributed by atoms with E-state index in [4.69, 9.17) is 12.2 Å². The summed E-state index contributed by atoms with van der Waals surface area (Å²) in [5.74, 6) is 0.0476. The predicted molar refractivity (Wildman–Crippen MR) is 69.9 cm³/mol. The average molecular weight is 234 g/mol. The van der Waals surface area contributed by atoms with Crippen molar-refractivity contribution in [2.75, 3.05) is 10.2 Å². The molecule has 0 radical (unpaired) electrons. The maximum Gasteiger partial charge on any atom is 0.224 e. The molecule has 1 aliphatic heterocycles. The Bertz CT molecular complexity index is 444. The lowest BCUT2D eigenvalue weighted by Crippen LogP contribution is -2.37. The molecule has 1 aliphatic rings. The molecule has 4 heteroatoms. The van der Waals surface area contributed by atoms with Crippen LogP contribution in [0.2, 0.25) is 0 Å². The van der Waals surface area contributed by atoms with Crippen molar-refractivity contribution in [2.24, 2.45) is 0 Å². The van der Waals surface area contributed by atoms with Crippen molar-refractivity contribution >= 4 is 34.5 Å². The van der Waals surface area contributed by atoms with Gasteiger partial charge in [-0.05, 0) is 19.1 Å². The van der Waals surface area contributed by atoms with Gasteiger partial charge in [0.15, 0.2) is 0 Å². The SMILES string of the molecule is CC(=O)N1c2ccccc2NC(=S)CC1C. The van der Waals surface area contributed by atoms with E-state index in [0.717, 1.165) is 16.4 Å². The summed E-state index contributed by atoms with van der Waals surface area (Å²) in [5.41, 5.74) is 1.81. The van der Waals surface area contributed by atoms with Gasteiger partial charge in [0.2, 0.25) is 5.91 Å². The summed E-state index contributed by atoms with van der Waals surface area (Å²) in [7, 11) is 0. The lowest BCUT2D eigenvalue weighted by Gasteiger charge is -2.26. The molecule has 16 heavy (non-hydrogen) atoms. The molecule has 1 aromatic carbocycles. The molecule has 0 aromatic heterocycles. The first-order chi connectivity index (χ1) is 7.59. The number of hydrogen-bond acceptors (Lipinski definition) is 2. The van der Waals surface area contributed by atoms with Crippen LogP contribution in [0.5, 0.6) is 0 Å². The number of amides is 1. The van der Waals surface area contributed by atoms with E-state index >= 15 is 0 Å². The molecule has 2 rings (SSSR count). The minimum Gasteiger partial charge on any atom is -0.348 e. The molecule has 1 atom stereocenters. The van der Waals surface area contributed by atoms with Crippen LogP contribution in [0.25, 0.3) is 0 Å². The van der Waals surface area contributed by atoms with E-state index in [0.29, 0.717) is 6.42 Å². The Morgan fingerprint density at radius 1 is 1.50 bits per heavy atom. The van der Waals surface area contributed by atoms with Crippen molar-refractivity contribution in [2.45, 2.75) is 26.3 Å². The fraction of sp³-hybridized carbons (Fsp3) is 0.333. The van der Waals surface area contributed by atoms with Gasteiger partial charge >= 0.3 is 0 Å². The topological polar surface area (TPSA) is 32.3 Å². The highest BCUT2D eigenvalue weighted by Gasteiger charge is 2.25. The van der Waals surface area contributed by atoms with Crippen LogP contribution in [-0.4, -0.2) is 16.9 Å². The van der Waals surface area contributed by atoms with Crippen molar-refractivity contribution < 1.29 is 4.79 Å². The summed E-state index contributed by atoms with van der Waals surface area (Å²) in [6.45, 7) is 3.60. The number of nitrogens with zero attached hydrogens (tertiary/aromatic N) is 1. The lowest BCUT2D eigenvalue weighted by molar-refractivity contribution is -0.116. The predicted octanol–water partition coefficient (Wildman–Crippen LogP) is 2.57. The van der Waals surface area contributed by atoms with Crippen LogP contribution in [0.15, 0.2) is 24.3 Å². The Labute approximate surface area is 100 Å². The van der Waals surface area contributed by atoms with E-state index in [1.165, 1.54) is 0 Å². The number of rotatable bonds is 0. The highest BCUT2D eigenvalue weighted by molar-refractivity contribution is 7.80. The zero-order chi connectivity index (χ0) is 11.7. The Hall–Kier alpha value is -1.42. The van der Waals surface area contributed by atoms with Crippen LogP contribution < -0.4 is 10.2 Å². The van der Waals surface area contributed by atoms with Gasteiger partial charge in [-0.3, -0.25) is 4.79 Å². The second kappa shape index (κ2) is 4.22. The quantitative estimate of drug-likeness (QED) is 0.700. The number of carbonyl (C=O) groups is 1.